The van der Waals surface area contributed by atoms with Gasteiger partial charge in [-0.2, -0.15) is 18.2 Å². The lowest BCUT2D eigenvalue weighted by atomic mass is 10.1. The molecule has 1 heterocycles. The maximum atomic E-state index is 13.1. The minimum Gasteiger partial charge on any atom is -0.406 e. The van der Waals surface area contributed by atoms with Crippen LogP contribution in [0.4, 0.5) is 43.8 Å². The van der Waals surface area contributed by atoms with Gasteiger partial charge in [0, 0.05) is 17.3 Å². The summed E-state index contributed by atoms with van der Waals surface area (Å²) in [6, 6.07) is 4.12. The van der Waals surface area contributed by atoms with Gasteiger partial charge in [0.2, 0.25) is 5.95 Å². The predicted octanol–water partition coefficient (Wildman–Crippen LogP) is 5.66. The van der Waals surface area contributed by atoms with E-state index < -0.39 is 29.5 Å². The third-order valence-electron chi connectivity index (χ3n) is 3.20. The van der Waals surface area contributed by atoms with Crippen LogP contribution in [0.3, 0.4) is 0 Å². The molecule has 2 N–H and O–H groups in total. The Balaban J connectivity index is 2.35. The van der Waals surface area contributed by atoms with Gasteiger partial charge in [-0.25, -0.2) is 4.98 Å². The lowest BCUT2D eigenvalue weighted by Gasteiger charge is -2.22. The molecule has 2 rings (SSSR count). The van der Waals surface area contributed by atoms with E-state index in [1.165, 1.54) is 13.0 Å². The van der Waals surface area contributed by atoms with Crippen molar-refractivity contribution in [2.45, 2.75) is 45.8 Å². The number of aryl methyl sites for hydroxylation is 1. The Morgan fingerprint density at radius 1 is 0.929 bits per heavy atom. The first-order valence-electron chi connectivity index (χ1n) is 8.00. The van der Waals surface area contributed by atoms with Crippen LogP contribution in [-0.2, 0) is 6.18 Å². The second-order valence-corrected chi connectivity index (χ2v) is 6.98. The molecule has 0 spiro atoms. The topological polar surface area (TPSA) is 59.1 Å². The molecular formula is C17H18F6N4O. The van der Waals surface area contributed by atoms with Gasteiger partial charge in [0.1, 0.15) is 11.6 Å². The van der Waals surface area contributed by atoms with E-state index >= 15 is 0 Å². The molecule has 5 nitrogen and oxygen atoms in total. The zero-order valence-corrected chi connectivity index (χ0v) is 15.4. The number of nitrogens with one attached hydrogen (secondary N) is 2. The van der Waals surface area contributed by atoms with Crippen molar-refractivity contribution in [3.8, 4) is 5.75 Å². The van der Waals surface area contributed by atoms with Gasteiger partial charge < -0.3 is 15.4 Å². The molecule has 1 aromatic carbocycles. The number of nitrogens with zero attached hydrogens (tertiary/aromatic N) is 2. The Kier molecular flexibility index (Phi) is 5.67. The average Bonchev–Trinajstić information content (AvgIpc) is 2.45. The Morgan fingerprint density at radius 2 is 1.57 bits per heavy atom. The molecule has 0 radical (unpaired) electrons. The Bertz CT molecular complexity index is 843. The Morgan fingerprint density at radius 3 is 2.07 bits per heavy atom. The third kappa shape index (κ3) is 6.46. The lowest BCUT2D eigenvalue weighted by Crippen LogP contribution is -2.28. The first-order chi connectivity index (χ1) is 12.6. The van der Waals surface area contributed by atoms with E-state index in [1.54, 1.807) is 20.8 Å². The zero-order chi connectivity index (χ0) is 21.3. The van der Waals surface area contributed by atoms with Crippen LogP contribution >= 0.6 is 0 Å². The number of halogens is 6. The van der Waals surface area contributed by atoms with E-state index in [0.717, 1.165) is 12.1 Å². The second-order valence-electron chi connectivity index (χ2n) is 6.98. The van der Waals surface area contributed by atoms with Gasteiger partial charge in [-0.3, -0.25) is 0 Å². The highest BCUT2D eigenvalue weighted by atomic mass is 19.4. The number of rotatable bonds is 4. The fourth-order valence-corrected chi connectivity index (χ4v) is 2.16. The summed E-state index contributed by atoms with van der Waals surface area (Å²) in [5.41, 5.74) is -1.16. The van der Waals surface area contributed by atoms with E-state index in [9.17, 15) is 26.3 Å². The SMILES string of the molecule is Cc1cc(OC(F)(F)F)ccc1Nc1cc(C(F)(F)F)nc(NC(C)(C)C)n1. The Labute approximate surface area is 157 Å². The van der Waals surface area contributed by atoms with E-state index in [4.69, 9.17) is 0 Å². The minimum atomic E-state index is -4.84. The van der Waals surface area contributed by atoms with Crippen LogP contribution in [0, 0.1) is 6.92 Å². The largest absolute Gasteiger partial charge is 0.573 e. The quantitative estimate of drug-likeness (QED) is 0.640. The molecule has 0 aliphatic carbocycles. The van der Waals surface area contributed by atoms with E-state index in [1.807, 2.05) is 0 Å². The molecule has 0 atom stereocenters. The van der Waals surface area contributed by atoms with Gasteiger partial charge in [-0.1, -0.05) is 0 Å². The second kappa shape index (κ2) is 7.36. The predicted molar refractivity (Wildman–Crippen MR) is 91.6 cm³/mol. The lowest BCUT2D eigenvalue weighted by molar-refractivity contribution is -0.274. The molecule has 0 fully saturated rings. The molecule has 154 valence electrons. The van der Waals surface area contributed by atoms with Crippen molar-refractivity contribution >= 4 is 17.5 Å². The number of hydrogen-bond donors (Lipinski definition) is 2. The normalized spacial score (nSPS) is 12.6. The summed E-state index contributed by atoms with van der Waals surface area (Å²) in [6.45, 7) is 6.67. The Hall–Kier alpha value is -2.72. The summed E-state index contributed by atoms with van der Waals surface area (Å²) in [6.07, 6.45) is -9.55. The van der Waals surface area contributed by atoms with Crippen molar-refractivity contribution in [2.24, 2.45) is 0 Å². The van der Waals surface area contributed by atoms with Gasteiger partial charge in [0.15, 0.2) is 5.69 Å². The first-order valence-corrected chi connectivity index (χ1v) is 8.00. The monoisotopic (exact) mass is 408 g/mol. The fourth-order valence-electron chi connectivity index (χ4n) is 2.16. The van der Waals surface area contributed by atoms with E-state index in [0.29, 0.717) is 11.6 Å². The van der Waals surface area contributed by atoms with E-state index in [2.05, 4.69) is 25.3 Å². The molecule has 1 aromatic heterocycles. The van der Waals surface area contributed by atoms with Crippen LogP contribution in [0.15, 0.2) is 24.3 Å². The highest BCUT2D eigenvalue weighted by Crippen LogP contribution is 2.32. The maximum Gasteiger partial charge on any atom is 0.573 e. The molecule has 0 aliphatic rings. The summed E-state index contributed by atoms with van der Waals surface area (Å²) >= 11 is 0. The fraction of sp³-hybridized carbons (Fsp3) is 0.412. The van der Waals surface area contributed by atoms with Crippen molar-refractivity contribution in [1.82, 2.24) is 9.97 Å². The molecule has 0 saturated carbocycles. The van der Waals surface area contributed by atoms with Crippen molar-refractivity contribution in [2.75, 3.05) is 10.6 Å². The summed E-state index contributed by atoms with van der Waals surface area (Å²) in [7, 11) is 0. The highest BCUT2D eigenvalue weighted by molar-refractivity contribution is 5.63. The molecule has 28 heavy (non-hydrogen) atoms. The first kappa shape index (κ1) is 21.6. The summed E-state index contributed by atoms with van der Waals surface area (Å²) in [5.74, 6) is -0.842. The van der Waals surface area contributed by atoms with Gasteiger partial charge in [0.05, 0.1) is 0 Å². The number of hydrogen-bond acceptors (Lipinski definition) is 5. The summed E-state index contributed by atoms with van der Waals surface area (Å²) in [4.78, 5) is 7.48. The maximum absolute atomic E-state index is 13.1. The molecular weight excluding hydrogens is 390 g/mol. The van der Waals surface area contributed by atoms with Crippen molar-refractivity contribution in [1.29, 1.82) is 0 Å². The van der Waals surface area contributed by atoms with Crippen LogP contribution in [0.25, 0.3) is 0 Å². The smallest absolute Gasteiger partial charge is 0.406 e. The number of ether oxygens (including phenoxy) is 1. The number of anilines is 3. The number of alkyl halides is 6. The number of benzene rings is 1. The van der Waals surface area contributed by atoms with Gasteiger partial charge in [0.25, 0.3) is 0 Å². The number of aromatic nitrogens is 2. The molecule has 0 aliphatic heterocycles. The van der Waals surface area contributed by atoms with Crippen molar-refractivity contribution in [3.63, 3.8) is 0 Å². The van der Waals surface area contributed by atoms with E-state index in [-0.39, 0.29) is 17.5 Å². The molecule has 0 unspecified atom stereocenters. The van der Waals surface area contributed by atoms with Crippen LogP contribution in [0.5, 0.6) is 5.75 Å². The molecule has 0 amide bonds. The average molecular weight is 408 g/mol. The van der Waals surface area contributed by atoms with Gasteiger partial charge >= 0.3 is 12.5 Å². The molecule has 0 saturated heterocycles. The summed E-state index contributed by atoms with van der Waals surface area (Å²) < 4.78 is 80.1. The van der Waals surface area contributed by atoms with Gasteiger partial charge in [-0.05, 0) is 51.5 Å². The van der Waals surface area contributed by atoms with Gasteiger partial charge in [-0.15, -0.1) is 13.2 Å². The molecule has 0 bridgehead atoms. The van der Waals surface area contributed by atoms with Crippen LogP contribution in [0.2, 0.25) is 0 Å². The highest BCUT2D eigenvalue weighted by Gasteiger charge is 2.34. The summed E-state index contributed by atoms with van der Waals surface area (Å²) in [5, 5.41) is 5.44. The molecule has 2 aromatic rings. The zero-order valence-electron chi connectivity index (χ0n) is 15.4. The minimum absolute atomic E-state index is 0.165. The molecule has 11 heteroatoms. The van der Waals surface area contributed by atoms with Crippen molar-refractivity contribution in [3.05, 3.63) is 35.5 Å². The van der Waals surface area contributed by atoms with Crippen LogP contribution in [0.1, 0.15) is 32.0 Å². The van der Waals surface area contributed by atoms with Crippen LogP contribution < -0.4 is 15.4 Å². The van der Waals surface area contributed by atoms with Crippen molar-refractivity contribution < 1.29 is 31.1 Å². The van der Waals surface area contributed by atoms with Crippen LogP contribution in [-0.4, -0.2) is 21.9 Å². The third-order valence-corrected chi connectivity index (χ3v) is 3.20. The standard InChI is InChI=1S/C17H18F6N4O/c1-9-7-10(28-17(21,22)23)5-6-11(9)24-13-8-12(16(18,19)20)25-14(26-13)27-15(2,3)4/h5-8H,1-4H3,(H2,24,25,26,27).